The van der Waals surface area contributed by atoms with Crippen molar-refractivity contribution >= 4 is 17.5 Å². The third kappa shape index (κ3) is 4.82. The number of benzene rings is 1. The molecule has 0 radical (unpaired) electrons. The highest BCUT2D eigenvalue weighted by molar-refractivity contribution is 6.28. The molecule has 1 aromatic carbocycles. The van der Waals surface area contributed by atoms with Crippen LogP contribution in [0.15, 0.2) is 36.7 Å². The fraction of sp³-hybridized carbons (Fsp3) is 0.278. The second-order valence-corrected chi connectivity index (χ2v) is 6.92. The molecule has 170 valence electrons. The molecule has 0 spiro atoms. The van der Waals surface area contributed by atoms with Gasteiger partial charge in [-0.2, -0.15) is 36.0 Å². The first-order chi connectivity index (χ1) is 14.8. The van der Waals surface area contributed by atoms with E-state index in [1.54, 1.807) is 0 Å². The summed E-state index contributed by atoms with van der Waals surface area (Å²) in [4.78, 5) is 25.7. The van der Waals surface area contributed by atoms with Crippen molar-refractivity contribution in [3.63, 3.8) is 0 Å². The standard InChI is InChI=1S/C18H13ClF6N6O/c1-9(13-28-15(19)29-31(13)16-26-4-3-5-27-16)30(2)14(32)10-6-11(17(20,21)22)8-12(7-10)18(23,24)25/h3-9H,1-2H3. The second kappa shape index (κ2) is 8.37. The van der Waals surface area contributed by atoms with Gasteiger partial charge in [0.1, 0.15) is 0 Å². The molecule has 1 amide bonds. The van der Waals surface area contributed by atoms with Crippen LogP contribution in [0.1, 0.15) is 40.3 Å². The van der Waals surface area contributed by atoms with E-state index in [4.69, 9.17) is 11.6 Å². The van der Waals surface area contributed by atoms with E-state index in [-0.39, 0.29) is 23.1 Å². The molecule has 0 aliphatic rings. The molecular formula is C18H13ClF6N6O. The van der Waals surface area contributed by atoms with Crippen LogP contribution in [0.25, 0.3) is 5.95 Å². The molecular weight excluding hydrogens is 466 g/mol. The monoisotopic (exact) mass is 478 g/mol. The maximum Gasteiger partial charge on any atom is 0.416 e. The summed E-state index contributed by atoms with van der Waals surface area (Å²) in [6, 6.07) is 1.23. The minimum atomic E-state index is -5.08. The van der Waals surface area contributed by atoms with E-state index >= 15 is 0 Å². The normalized spacial score (nSPS) is 13.2. The van der Waals surface area contributed by atoms with Gasteiger partial charge in [-0.1, -0.05) is 0 Å². The molecule has 0 fully saturated rings. The van der Waals surface area contributed by atoms with Crippen molar-refractivity contribution in [1.82, 2.24) is 29.6 Å². The van der Waals surface area contributed by atoms with Gasteiger partial charge in [0.2, 0.25) is 5.28 Å². The topological polar surface area (TPSA) is 76.8 Å². The Hall–Kier alpha value is -3.22. The third-order valence-electron chi connectivity index (χ3n) is 4.46. The van der Waals surface area contributed by atoms with Crippen LogP contribution in [-0.4, -0.2) is 42.6 Å². The Morgan fingerprint density at radius 1 is 1.03 bits per heavy atom. The highest BCUT2D eigenvalue weighted by Gasteiger charge is 2.38. The van der Waals surface area contributed by atoms with Gasteiger partial charge in [-0.15, -0.1) is 5.10 Å². The van der Waals surface area contributed by atoms with Gasteiger partial charge in [0.05, 0.1) is 17.2 Å². The molecule has 0 saturated carbocycles. The van der Waals surface area contributed by atoms with Gasteiger partial charge < -0.3 is 4.90 Å². The number of aromatic nitrogens is 5. The lowest BCUT2D eigenvalue weighted by Crippen LogP contribution is -2.32. The number of rotatable bonds is 4. The minimum Gasteiger partial charge on any atom is -0.332 e. The second-order valence-electron chi connectivity index (χ2n) is 6.59. The predicted molar refractivity (Wildman–Crippen MR) is 98.9 cm³/mol. The first kappa shape index (κ1) is 23.4. The van der Waals surface area contributed by atoms with Crippen molar-refractivity contribution in [3.8, 4) is 5.95 Å². The van der Waals surface area contributed by atoms with Crippen molar-refractivity contribution in [2.45, 2.75) is 25.3 Å². The Morgan fingerprint density at radius 2 is 1.56 bits per heavy atom. The summed E-state index contributed by atoms with van der Waals surface area (Å²) in [6.07, 6.45) is -7.36. The lowest BCUT2D eigenvalue weighted by atomic mass is 10.0. The van der Waals surface area contributed by atoms with E-state index in [9.17, 15) is 31.1 Å². The van der Waals surface area contributed by atoms with Gasteiger partial charge in [0.15, 0.2) is 5.82 Å². The van der Waals surface area contributed by atoms with Crippen LogP contribution in [0.2, 0.25) is 5.28 Å². The zero-order valence-electron chi connectivity index (χ0n) is 16.3. The van der Waals surface area contributed by atoms with Crippen molar-refractivity contribution in [3.05, 3.63) is 64.5 Å². The summed E-state index contributed by atoms with van der Waals surface area (Å²) < 4.78 is 79.9. The number of carbonyl (C=O) groups excluding carboxylic acids is 1. The number of amides is 1. The maximum atomic E-state index is 13.1. The summed E-state index contributed by atoms with van der Waals surface area (Å²) in [5.41, 5.74) is -3.99. The number of nitrogens with zero attached hydrogens (tertiary/aromatic N) is 6. The zero-order valence-corrected chi connectivity index (χ0v) is 17.0. The molecule has 0 saturated heterocycles. The van der Waals surface area contributed by atoms with E-state index < -0.39 is 41.0 Å². The van der Waals surface area contributed by atoms with Crippen LogP contribution in [0, 0.1) is 0 Å². The summed E-state index contributed by atoms with van der Waals surface area (Å²) in [5.74, 6) is -1.01. The van der Waals surface area contributed by atoms with Crippen LogP contribution in [0.5, 0.6) is 0 Å². The Bertz CT molecular complexity index is 1100. The van der Waals surface area contributed by atoms with Crippen molar-refractivity contribution in [2.75, 3.05) is 7.05 Å². The van der Waals surface area contributed by atoms with Gasteiger partial charge in [0.25, 0.3) is 11.9 Å². The number of hydrogen-bond donors (Lipinski definition) is 0. The average molecular weight is 479 g/mol. The fourth-order valence-corrected chi connectivity index (χ4v) is 2.91. The largest absolute Gasteiger partial charge is 0.416 e. The van der Waals surface area contributed by atoms with E-state index in [1.165, 1.54) is 32.4 Å². The summed E-state index contributed by atoms with van der Waals surface area (Å²) in [6.45, 7) is 1.44. The van der Waals surface area contributed by atoms with Gasteiger partial charge in [-0.05, 0) is 42.8 Å². The maximum absolute atomic E-state index is 13.1. The van der Waals surface area contributed by atoms with E-state index in [0.717, 1.165) is 9.58 Å². The molecule has 0 N–H and O–H groups in total. The van der Waals surface area contributed by atoms with Crippen LogP contribution >= 0.6 is 11.6 Å². The molecule has 0 aliphatic carbocycles. The molecule has 0 aliphatic heterocycles. The molecule has 1 atom stereocenters. The van der Waals surface area contributed by atoms with E-state index in [1.807, 2.05) is 0 Å². The smallest absolute Gasteiger partial charge is 0.332 e. The van der Waals surface area contributed by atoms with Gasteiger partial charge in [0, 0.05) is 25.0 Å². The minimum absolute atomic E-state index is 0.0417. The Balaban J connectivity index is 2.01. The molecule has 7 nitrogen and oxygen atoms in total. The molecule has 3 aromatic rings. The Labute approximate surface area is 181 Å². The summed E-state index contributed by atoms with van der Waals surface area (Å²) in [7, 11) is 1.19. The Kier molecular flexibility index (Phi) is 6.13. The number of carbonyl (C=O) groups is 1. The fourth-order valence-electron chi connectivity index (χ4n) is 2.75. The number of halogens is 7. The third-order valence-corrected chi connectivity index (χ3v) is 4.62. The van der Waals surface area contributed by atoms with Crippen molar-refractivity contribution in [2.24, 2.45) is 0 Å². The highest BCUT2D eigenvalue weighted by atomic mass is 35.5. The molecule has 1 unspecified atom stereocenters. The van der Waals surface area contributed by atoms with E-state index in [0.29, 0.717) is 12.1 Å². The van der Waals surface area contributed by atoms with Crippen LogP contribution in [0.3, 0.4) is 0 Å². The SMILES string of the molecule is CC(c1nc(Cl)nn1-c1ncccn1)N(C)C(=O)c1cc(C(F)(F)F)cc(C(F)(F)F)c1. The predicted octanol–water partition coefficient (Wildman–Crippen LogP) is 4.58. The molecule has 0 bridgehead atoms. The molecule has 3 rings (SSSR count). The first-order valence-corrected chi connectivity index (χ1v) is 9.13. The quantitative estimate of drug-likeness (QED) is 0.513. The average Bonchev–Trinajstić information content (AvgIpc) is 3.12. The Morgan fingerprint density at radius 3 is 2.06 bits per heavy atom. The number of alkyl halides is 6. The summed E-state index contributed by atoms with van der Waals surface area (Å²) >= 11 is 5.85. The van der Waals surface area contributed by atoms with Gasteiger partial charge >= 0.3 is 12.4 Å². The van der Waals surface area contributed by atoms with Crippen LogP contribution in [-0.2, 0) is 12.4 Å². The lowest BCUT2D eigenvalue weighted by molar-refractivity contribution is -0.143. The molecule has 14 heteroatoms. The zero-order chi connectivity index (χ0) is 23.8. The summed E-state index contributed by atoms with van der Waals surface area (Å²) in [5, 5.41) is 3.70. The van der Waals surface area contributed by atoms with Crippen molar-refractivity contribution in [1.29, 1.82) is 0 Å². The first-order valence-electron chi connectivity index (χ1n) is 8.75. The van der Waals surface area contributed by atoms with Crippen LogP contribution < -0.4 is 0 Å². The van der Waals surface area contributed by atoms with Crippen LogP contribution in [0.4, 0.5) is 26.3 Å². The van der Waals surface area contributed by atoms with E-state index in [2.05, 4.69) is 20.1 Å². The van der Waals surface area contributed by atoms with Gasteiger partial charge in [-0.3, -0.25) is 4.79 Å². The van der Waals surface area contributed by atoms with Gasteiger partial charge in [-0.25, -0.2) is 9.97 Å². The molecule has 32 heavy (non-hydrogen) atoms. The molecule has 2 heterocycles. The highest BCUT2D eigenvalue weighted by Crippen LogP contribution is 2.37. The molecule has 2 aromatic heterocycles. The van der Waals surface area contributed by atoms with Crippen molar-refractivity contribution < 1.29 is 31.1 Å². The lowest BCUT2D eigenvalue weighted by Gasteiger charge is -2.25. The number of hydrogen-bond acceptors (Lipinski definition) is 5.